The van der Waals surface area contributed by atoms with Gasteiger partial charge in [0, 0.05) is 31.9 Å². The summed E-state index contributed by atoms with van der Waals surface area (Å²) in [5.41, 5.74) is 5.91. The van der Waals surface area contributed by atoms with Crippen LogP contribution in [0.1, 0.15) is 0 Å². The number of halogens is 2. The molecule has 0 atom stereocenters. The normalized spacial score (nSPS) is 10.5. The second kappa shape index (κ2) is 5.71. The molecule has 0 radical (unpaired) electrons. The van der Waals surface area contributed by atoms with Crippen LogP contribution in [0.2, 0.25) is 0 Å². The Kier molecular flexibility index (Phi) is 4.01. The van der Waals surface area contributed by atoms with E-state index in [0.29, 0.717) is 24.7 Å². The van der Waals surface area contributed by atoms with Crippen molar-refractivity contribution in [1.29, 1.82) is 0 Å². The maximum atomic E-state index is 13.7. The molecule has 0 aliphatic carbocycles. The van der Waals surface area contributed by atoms with Crippen molar-refractivity contribution in [3.63, 3.8) is 0 Å². The number of aromatic nitrogens is 2. The van der Waals surface area contributed by atoms with Crippen LogP contribution < -0.4 is 10.6 Å². The van der Waals surface area contributed by atoms with Gasteiger partial charge in [-0.05, 0) is 24.3 Å². The maximum Gasteiger partial charge on any atom is 0.225 e. The SMILES string of the molecule is CN(CCN)c1nccc(-c2cc(F)ccc2F)n1. The standard InChI is InChI=1S/C13H14F2N4/c1-19(7-5-16)13-17-6-4-12(18-13)10-8-9(14)2-3-11(10)15/h2-4,6,8H,5,7,16H2,1H3. The highest BCUT2D eigenvalue weighted by Gasteiger charge is 2.10. The third-order valence-electron chi connectivity index (χ3n) is 2.65. The minimum atomic E-state index is -0.521. The Morgan fingerprint density at radius 3 is 2.79 bits per heavy atom. The number of nitrogens with two attached hydrogens (primary N) is 1. The fourth-order valence-corrected chi connectivity index (χ4v) is 1.67. The molecule has 0 spiro atoms. The summed E-state index contributed by atoms with van der Waals surface area (Å²) < 4.78 is 26.9. The maximum absolute atomic E-state index is 13.7. The number of nitrogens with zero attached hydrogens (tertiary/aromatic N) is 3. The van der Waals surface area contributed by atoms with Crippen LogP contribution in [0.15, 0.2) is 30.5 Å². The van der Waals surface area contributed by atoms with Gasteiger partial charge in [0.15, 0.2) is 0 Å². The van der Waals surface area contributed by atoms with Gasteiger partial charge in [0.2, 0.25) is 5.95 Å². The summed E-state index contributed by atoms with van der Waals surface area (Å²) in [5.74, 6) is -0.606. The van der Waals surface area contributed by atoms with Crippen LogP contribution >= 0.6 is 0 Å². The topological polar surface area (TPSA) is 55.0 Å². The molecule has 2 N–H and O–H groups in total. The second-order valence-corrected chi connectivity index (χ2v) is 4.08. The van der Waals surface area contributed by atoms with Gasteiger partial charge in [0.25, 0.3) is 0 Å². The predicted octanol–water partition coefficient (Wildman–Crippen LogP) is 1.82. The molecule has 0 saturated heterocycles. The monoisotopic (exact) mass is 264 g/mol. The van der Waals surface area contributed by atoms with Crippen LogP contribution in [-0.4, -0.2) is 30.1 Å². The molecule has 2 aromatic rings. The van der Waals surface area contributed by atoms with Crippen molar-refractivity contribution in [2.45, 2.75) is 0 Å². The van der Waals surface area contributed by atoms with E-state index >= 15 is 0 Å². The number of anilines is 1. The first kappa shape index (κ1) is 13.4. The third kappa shape index (κ3) is 3.03. The summed E-state index contributed by atoms with van der Waals surface area (Å²) in [7, 11) is 1.79. The van der Waals surface area contributed by atoms with Gasteiger partial charge in [-0.3, -0.25) is 0 Å². The van der Waals surface area contributed by atoms with Crippen LogP contribution in [-0.2, 0) is 0 Å². The molecule has 1 heterocycles. The van der Waals surface area contributed by atoms with Crippen molar-refractivity contribution in [3.8, 4) is 11.3 Å². The Balaban J connectivity index is 2.40. The zero-order valence-electron chi connectivity index (χ0n) is 10.5. The third-order valence-corrected chi connectivity index (χ3v) is 2.65. The number of likely N-dealkylation sites (N-methyl/N-ethyl adjacent to an activating group) is 1. The van der Waals surface area contributed by atoms with E-state index in [0.717, 1.165) is 18.2 Å². The lowest BCUT2D eigenvalue weighted by Crippen LogP contribution is -2.26. The average Bonchev–Trinajstić information content (AvgIpc) is 2.42. The number of benzene rings is 1. The molecule has 1 aromatic heterocycles. The van der Waals surface area contributed by atoms with E-state index < -0.39 is 11.6 Å². The highest BCUT2D eigenvalue weighted by Crippen LogP contribution is 2.22. The molecule has 2 rings (SSSR count). The summed E-state index contributed by atoms with van der Waals surface area (Å²) in [4.78, 5) is 10.0. The first-order chi connectivity index (χ1) is 9.11. The molecule has 0 saturated carbocycles. The molecule has 19 heavy (non-hydrogen) atoms. The first-order valence-electron chi connectivity index (χ1n) is 5.81. The van der Waals surface area contributed by atoms with Crippen molar-refractivity contribution in [2.24, 2.45) is 5.73 Å². The van der Waals surface area contributed by atoms with Gasteiger partial charge in [0.1, 0.15) is 11.6 Å². The molecule has 6 heteroatoms. The lowest BCUT2D eigenvalue weighted by Gasteiger charge is -2.16. The van der Waals surface area contributed by atoms with Crippen LogP contribution in [0.4, 0.5) is 14.7 Å². The molecule has 0 aliphatic rings. The van der Waals surface area contributed by atoms with Gasteiger partial charge in [-0.25, -0.2) is 18.7 Å². The Morgan fingerprint density at radius 2 is 2.05 bits per heavy atom. The number of hydrogen-bond acceptors (Lipinski definition) is 4. The van der Waals surface area contributed by atoms with E-state index in [2.05, 4.69) is 9.97 Å². The second-order valence-electron chi connectivity index (χ2n) is 4.08. The van der Waals surface area contributed by atoms with E-state index in [4.69, 9.17) is 5.73 Å². The van der Waals surface area contributed by atoms with Crippen molar-refractivity contribution in [3.05, 3.63) is 42.1 Å². The Hall–Kier alpha value is -2.08. The van der Waals surface area contributed by atoms with E-state index in [9.17, 15) is 8.78 Å². The molecule has 0 fully saturated rings. The minimum Gasteiger partial charge on any atom is -0.343 e. The quantitative estimate of drug-likeness (QED) is 0.915. The predicted molar refractivity (Wildman–Crippen MR) is 69.7 cm³/mol. The number of hydrogen-bond donors (Lipinski definition) is 1. The zero-order chi connectivity index (χ0) is 13.8. The molecule has 4 nitrogen and oxygen atoms in total. The summed E-state index contributed by atoms with van der Waals surface area (Å²) in [6, 6.07) is 4.81. The van der Waals surface area contributed by atoms with E-state index in [-0.39, 0.29) is 5.56 Å². The van der Waals surface area contributed by atoms with Crippen molar-refractivity contribution < 1.29 is 8.78 Å². The largest absolute Gasteiger partial charge is 0.343 e. The van der Waals surface area contributed by atoms with Crippen LogP contribution in [0, 0.1) is 11.6 Å². The van der Waals surface area contributed by atoms with Crippen LogP contribution in [0.25, 0.3) is 11.3 Å². The highest BCUT2D eigenvalue weighted by atomic mass is 19.1. The van der Waals surface area contributed by atoms with Gasteiger partial charge in [0.05, 0.1) is 5.69 Å². The lowest BCUT2D eigenvalue weighted by molar-refractivity contribution is 0.602. The molecule has 0 amide bonds. The van der Waals surface area contributed by atoms with Crippen molar-refractivity contribution >= 4 is 5.95 Å². The molecule has 0 aliphatic heterocycles. The summed E-state index contributed by atoms with van der Waals surface area (Å²) >= 11 is 0. The Labute approximate surface area is 109 Å². The molecular weight excluding hydrogens is 250 g/mol. The van der Waals surface area contributed by atoms with Crippen LogP contribution in [0.3, 0.4) is 0 Å². The smallest absolute Gasteiger partial charge is 0.225 e. The Morgan fingerprint density at radius 1 is 1.26 bits per heavy atom. The molecule has 100 valence electrons. The van der Waals surface area contributed by atoms with E-state index in [1.54, 1.807) is 11.9 Å². The Bertz CT molecular complexity index is 574. The van der Waals surface area contributed by atoms with E-state index in [1.807, 2.05) is 0 Å². The zero-order valence-corrected chi connectivity index (χ0v) is 10.5. The number of rotatable bonds is 4. The minimum absolute atomic E-state index is 0.116. The summed E-state index contributed by atoms with van der Waals surface area (Å²) in [5, 5.41) is 0. The molecule has 0 unspecified atom stereocenters. The fourth-order valence-electron chi connectivity index (χ4n) is 1.67. The summed E-state index contributed by atoms with van der Waals surface area (Å²) in [6.45, 7) is 1.04. The van der Waals surface area contributed by atoms with Crippen LogP contribution in [0.5, 0.6) is 0 Å². The van der Waals surface area contributed by atoms with Crippen molar-refractivity contribution in [2.75, 3.05) is 25.0 Å². The van der Waals surface area contributed by atoms with Gasteiger partial charge >= 0.3 is 0 Å². The van der Waals surface area contributed by atoms with Gasteiger partial charge in [-0.15, -0.1) is 0 Å². The first-order valence-corrected chi connectivity index (χ1v) is 5.81. The highest BCUT2D eigenvalue weighted by molar-refractivity contribution is 5.61. The summed E-state index contributed by atoms with van der Waals surface area (Å²) in [6.07, 6.45) is 1.51. The molecular formula is C13H14F2N4. The fraction of sp³-hybridized carbons (Fsp3) is 0.231. The lowest BCUT2D eigenvalue weighted by atomic mass is 10.1. The molecule has 1 aromatic carbocycles. The van der Waals surface area contributed by atoms with Gasteiger partial charge in [-0.2, -0.15) is 0 Å². The van der Waals surface area contributed by atoms with Gasteiger partial charge in [-0.1, -0.05) is 0 Å². The average molecular weight is 264 g/mol. The van der Waals surface area contributed by atoms with E-state index in [1.165, 1.54) is 12.3 Å². The molecule has 0 bridgehead atoms. The van der Waals surface area contributed by atoms with Crippen molar-refractivity contribution in [1.82, 2.24) is 9.97 Å². The van der Waals surface area contributed by atoms with Gasteiger partial charge < -0.3 is 10.6 Å².